The van der Waals surface area contributed by atoms with Gasteiger partial charge in [0.2, 0.25) is 0 Å². The molecule has 0 aliphatic carbocycles. The van der Waals surface area contributed by atoms with Crippen LogP contribution >= 0.6 is 0 Å². The molecule has 0 radical (unpaired) electrons. The first-order chi connectivity index (χ1) is 13.2. The van der Waals surface area contributed by atoms with E-state index in [0.717, 1.165) is 5.56 Å². The van der Waals surface area contributed by atoms with E-state index in [-0.39, 0.29) is 30.3 Å². The van der Waals surface area contributed by atoms with E-state index >= 15 is 0 Å². The van der Waals surface area contributed by atoms with Crippen molar-refractivity contribution in [1.82, 2.24) is 5.32 Å². The first-order valence-electron chi connectivity index (χ1n) is 9.08. The maximum Gasteiger partial charge on any atom is 0.251 e. The number of carbonyl (C=O) groups excluding carboxylic acids is 1. The van der Waals surface area contributed by atoms with Gasteiger partial charge in [0, 0.05) is 5.56 Å². The Morgan fingerprint density at radius 2 is 1.78 bits per heavy atom. The van der Waals surface area contributed by atoms with Crippen LogP contribution in [-0.4, -0.2) is 50.6 Å². The standard InChI is InChI=1S/C21H23NO5/c1-24-16-9-7-15(8-10-16)21(23)22-17-12-26-20-18(13-27-19(17)20)25-11-14-5-3-2-4-6-14/h2-10,17-20H,11-13H2,1H3,(H,22,23)/t17-,18+,19+,20+/m0/s1. The molecule has 2 aromatic rings. The van der Waals surface area contributed by atoms with Crippen molar-refractivity contribution >= 4 is 5.91 Å². The van der Waals surface area contributed by atoms with Gasteiger partial charge in [-0.25, -0.2) is 0 Å². The molecule has 142 valence electrons. The van der Waals surface area contributed by atoms with Crippen molar-refractivity contribution in [2.24, 2.45) is 0 Å². The van der Waals surface area contributed by atoms with Crippen LogP contribution < -0.4 is 10.1 Å². The monoisotopic (exact) mass is 369 g/mol. The molecule has 6 nitrogen and oxygen atoms in total. The number of nitrogens with one attached hydrogen (secondary N) is 1. The molecule has 0 saturated carbocycles. The van der Waals surface area contributed by atoms with Gasteiger partial charge < -0.3 is 24.3 Å². The minimum atomic E-state index is -0.187. The molecule has 4 rings (SSSR count). The van der Waals surface area contributed by atoms with E-state index in [4.69, 9.17) is 18.9 Å². The van der Waals surface area contributed by atoms with Crippen molar-refractivity contribution < 1.29 is 23.7 Å². The zero-order valence-corrected chi connectivity index (χ0v) is 15.2. The highest BCUT2D eigenvalue weighted by Crippen LogP contribution is 2.29. The van der Waals surface area contributed by atoms with Gasteiger partial charge in [-0.15, -0.1) is 0 Å². The Morgan fingerprint density at radius 1 is 1.04 bits per heavy atom. The molecule has 2 aliphatic rings. The molecule has 27 heavy (non-hydrogen) atoms. The summed E-state index contributed by atoms with van der Waals surface area (Å²) in [6.07, 6.45) is -0.471. The number of carbonyl (C=O) groups is 1. The van der Waals surface area contributed by atoms with Gasteiger partial charge in [-0.3, -0.25) is 4.79 Å². The Balaban J connectivity index is 1.32. The minimum absolute atomic E-state index is 0.127. The summed E-state index contributed by atoms with van der Waals surface area (Å²) in [4.78, 5) is 12.5. The van der Waals surface area contributed by atoms with Crippen LogP contribution in [0, 0.1) is 0 Å². The second-order valence-electron chi connectivity index (χ2n) is 6.74. The van der Waals surface area contributed by atoms with Gasteiger partial charge in [-0.1, -0.05) is 30.3 Å². The zero-order chi connectivity index (χ0) is 18.6. The van der Waals surface area contributed by atoms with Crippen LogP contribution in [0.1, 0.15) is 15.9 Å². The molecular weight excluding hydrogens is 346 g/mol. The molecule has 6 heteroatoms. The summed E-state index contributed by atoms with van der Waals surface area (Å²) >= 11 is 0. The largest absolute Gasteiger partial charge is 0.497 e. The predicted octanol–water partition coefficient (Wildman–Crippen LogP) is 2.18. The molecule has 4 atom stereocenters. The Labute approximate surface area is 158 Å². The number of hydrogen-bond donors (Lipinski definition) is 1. The van der Waals surface area contributed by atoms with E-state index in [0.29, 0.717) is 31.1 Å². The number of ether oxygens (including phenoxy) is 4. The van der Waals surface area contributed by atoms with Crippen molar-refractivity contribution in [1.29, 1.82) is 0 Å². The van der Waals surface area contributed by atoms with Crippen LogP contribution in [0.3, 0.4) is 0 Å². The van der Waals surface area contributed by atoms with E-state index in [1.165, 1.54) is 0 Å². The summed E-state index contributed by atoms with van der Waals surface area (Å²) < 4.78 is 22.9. The van der Waals surface area contributed by atoms with E-state index in [9.17, 15) is 4.79 Å². The zero-order valence-electron chi connectivity index (χ0n) is 15.2. The van der Waals surface area contributed by atoms with Gasteiger partial charge >= 0.3 is 0 Å². The van der Waals surface area contributed by atoms with Crippen molar-refractivity contribution in [3.8, 4) is 5.75 Å². The quantitative estimate of drug-likeness (QED) is 0.845. The predicted molar refractivity (Wildman–Crippen MR) is 98.7 cm³/mol. The summed E-state index contributed by atoms with van der Waals surface area (Å²) in [6.45, 7) is 1.41. The van der Waals surface area contributed by atoms with Crippen molar-refractivity contribution in [3.63, 3.8) is 0 Å². The highest BCUT2D eigenvalue weighted by atomic mass is 16.6. The number of methoxy groups -OCH3 is 1. The third-order valence-corrected chi connectivity index (χ3v) is 4.98. The lowest BCUT2D eigenvalue weighted by Crippen LogP contribution is -2.44. The molecule has 0 spiro atoms. The van der Waals surface area contributed by atoms with Gasteiger partial charge in [0.25, 0.3) is 5.91 Å². The smallest absolute Gasteiger partial charge is 0.251 e. The van der Waals surface area contributed by atoms with Crippen LogP contribution in [0.2, 0.25) is 0 Å². The molecule has 2 saturated heterocycles. The lowest BCUT2D eigenvalue weighted by Gasteiger charge is -2.18. The number of rotatable bonds is 6. The number of amides is 1. The molecule has 1 amide bonds. The summed E-state index contributed by atoms with van der Waals surface area (Å²) in [7, 11) is 1.60. The van der Waals surface area contributed by atoms with Gasteiger partial charge in [0.05, 0.1) is 33.0 Å². The highest BCUT2D eigenvalue weighted by molar-refractivity contribution is 5.94. The maximum atomic E-state index is 12.5. The summed E-state index contributed by atoms with van der Waals surface area (Å²) in [5.74, 6) is 0.567. The summed E-state index contributed by atoms with van der Waals surface area (Å²) in [5.41, 5.74) is 1.69. The van der Waals surface area contributed by atoms with E-state index in [2.05, 4.69) is 5.32 Å². The van der Waals surface area contributed by atoms with Crippen LogP contribution in [0.5, 0.6) is 5.75 Å². The lowest BCUT2D eigenvalue weighted by atomic mass is 10.1. The molecule has 0 aromatic heterocycles. The highest BCUT2D eigenvalue weighted by Gasteiger charge is 2.48. The molecular formula is C21H23NO5. The van der Waals surface area contributed by atoms with Gasteiger partial charge in [0.15, 0.2) is 0 Å². The van der Waals surface area contributed by atoms with E-state index < -0.39 is 0 Å². The summed E-state index contributed by atoms with van der Waals surface area (Å²) in [5, 5.41) is 3.01. The second-order valence-corrected chi connectivity index (χ2v) is 6.74. The van der Waals surface area contributed by atoms with Crippen molar-refractivity contribution in [2.45, 2.75) is 31.0 Å². The number of fused-ring (bicyclic) bond motifs is 1. The van der Waals surface area contributed by atoms with Crippen molar-refractivity contribution in [3.05, 3.63) is 65.7 Å². The summed E-state index contributed by atoms with van der Waals surface area (Å²) in [6, 6.07) is 16.8. The number of benzene rings is 2. The van der Waals surface area contributed by atoms with E-state index in [1.54, 1.807) is 31.4 Å². The molecule has 1 N–H and O–H groups in total. The topological polar surface area (TPSA) is 66.0 Å². The van der Waals surface area contributed by atoms with Gasteiger partial charge in [-0.2, -0.15) is 0 Å². The normalized spacial score (nSPS) is 26.6. The van der Waals surface area contributed by atoms with Crippen LogP contribution in [0.15, 0.2) is 54.6 Å². The molecule has 0 bridgehead atoms. The van der Waals surface area contributed by atoms with Crippen LogP contribution in [-0.2, 0) is 20.8 Å². The number of hydrogen-bond acceptors (Lipinski definition) is 5. The van der Waals surface area contributed by atoms with Gasteiger partial charge in [-0.05, 0) is 29.8 Å². The first-order valence-corrected chi connectivity index (χ1v) is 9.08. The third-order valence-electron chi connectivity index (χ3n) is 4.98. The molecule has 2 fully saturated rings. The second kappa shape index (κ2) is 8.08. The molecule has 2 aromatic carbocycles. The fraction of sp³-hybridized carbons (Fsp3) is 0.381. The maximum absolute atomic E-state index is 12.5. The fourth-order valence-electron chi connectivity index (χ4n) is 3.50. The average molecular weight is 369 g/mol. The third kappa shape index (κ3) is 3.98. The SMILES string of the molecule is COc1ccc(C(=O)N[C@H]2CO[C@H]3[C@@H]2OC[C@H]3OCc2ccccc2)cc1. The first kappa shape index (κ1) is 18.0. The Morgan fingerprint density at radius 3 is 2.52 bits per heavy atom. The van der Waals surface area contributed by atoms with Crippen LogP contribution in [0.4, 0.5) is 0 Å². The molecule has 2 aliphatic heterocycles. The van der Waals surface area contributed by atoms with Crippen molar-refractivity contribution in [2.75, 3.05) is 20.3 Å². The Bertz CT molecular complexity index is 764. The minimum Gasteiger partial charge on any atom is -0.497 e. The van der Waals surface area contributed by atoms with Gasteiger partial charge in [0.1, 0.15) is 24.1 Å². The molecule has 2 heterocycles. The Kier molecular flexibility index (Phi) is 5.38. The fourth-order valence-corrected chi connectivity index (χ4v) is 3.50. The van der Waals surface area contributed by atoms with Crippen LogP contribution in [0.25, 0.3) is 0 Å². The van der Waals surface area contributed by atoms with E-state index in [1.807, 2.05) is 30.3 Å². The Hall–Kier alpha value is -2.41. The lowest BCUT2D eigenvalue weighted by molar-refractivity contribution is -0.0392. The molecule has 0 unspecified atom stereocenters. The average Bonchev–Trinajstić information content (AvgIpc) is 3.30.